The first kappa shape index (κ1) is 36.6. The molecule has 2 aliphatic heterocycles. The molecule has 1 atom stereocenters. The van der Waals surface area contributed by atoms with E-state index in [0.717, 1.165) is 25.9 Å². The van der Waals surface area contributed by atoms with E-state index < -0.39 is 0 Å². The SMILES string of the molecule is CCCCN1/C(=C/C=C2\CCC(/C=C/C3(C)N(CCCC)c4ccccc4C3(C)C)=C2N(c2ccccc2)c2ccccc2)C(C)(C)c2ccccc21. The third kappa shape index (κ3) is 6.47. The van der Waals surface area contributed by atoms with Gasteiger partial charge in [0.15, 0.2) is 0 Å². The topological polar surface area (TPSA) is 9.72 Å². The van der Waals surface area contributed by atoms with Crippen molar-refractivity contribution in [2.45, 2.75) is 103 Å². The van der Waals surface area contributed by atoms with E-state index in [-0.39, 0.29) is 16.4 Å². The fourth-order valence-corrected chi connectivity index (χ4v) is 9.09. The molecule has 1 aliphatic carbocycles. The Hall–Kier alpha value is -4.76. The van der Waals surface area contributed by atoms with Gasteiger partial charge in [0.1, 0.15) is 0 Å². The molecule has 4 aromatic rings. The van der Waals surface area contributed by atoms with E-state index in [1.54, 1.807) is 0 Å². The zero-order valence-electron chi connectivity index (χ0n) is 33.2. The minimum atomic E-state index is -0.178. The van der Waals surface area contributed by atoms with E-state index in [2.05, 4.69) is 197 Å². The third-order valence-corrected chi connectivity index (χ3v) is 12.5. The number of anilines is 4. The molecular weight excluding hydrogens is 643 g/mol. The van der Waals surface area contributed by atoms with E-state index in [9.17, 15) is 0 Å². The maximum atomic E-state index is 2.69. The van der Waals surface area contributed by atoms with Crippen LogP contribution < -0.4 is 14.7 Å². The highest BCUT2D eigenvalue weighted by molar-refractivity contribution is 5.75. The second kappa shape index (κ2) is 14.9. The van der Waals surface area contributed by atoms with Crippen LogP contribution in [0.15, 0.2) is 156 Å². The Kier molecular flexibility index (Phi) is 10.3. The van der Waals surface area contributed by atoms with Crippen LogP contribution in [0.2, 0.25) is 0 Å². The zero-order valence-corrected chi connectivity index (χ0v) is 33.2. The summed E-state index contributed by atoms with van der Waals surface area (Å²) in [6, 6.07) is 40.0. The number of para-hydroxylation sites is 4. The average molecular weight is 702 g/mol. The van der Waals surface area contributed by atoms with Crippen LogP contribution in [0.1, 0.15) is 98.1 Å². The summed E-state index contributed by atoms with van der Waals surface area (Å²) in [5, 5.41) is 0. The maximum absolute atomic E-state index is 2.69. The highest BCUT2D eigenvalue weighted by atomic mass is 15.2. The van der Waals surface area contributed by atoms with Gasteiger partial charge in [-0.15, -0.1) is 0 Å². The molecule has 3 heteroatoms. The van der Waals surface area contributed by atoms with Gasteiger partial charge < -0.3 is 14.7 Å². The zero-order chi connectivity index (χ0) is 37.2. The van der Waals surface area contributed by atoms with Crippen LogP contribution >= 0.6 is 0 Å². The lowest BCUT2D eigenvalue weighted by Crippen LogP contribution is -2.52. The molecule has 0 aromatic heterocycles. The standard InChI is InChI=1S/C50H59N3/c1-8-10-36-51-44-28-20-18-26-42(44)48(3,4)46(51)33-32-38-30-31-39(47(38)53(40-22-14-12-15-23-40)41-24-16-13-17-25-41)34-35-50(7)49(5,6)43-27-19-21-29-45(43)52(50)37-11-9-2/h12-29,32-35H,8-11,30-31,36-37H2,1-7H3/b35-34+,38-32+,46-33+. The quantitative estimate of drug-likeness (QED) is 0.146. The molecule has 4 aromatic carbocycles. The molecule has 0 saturated carbocycles. The number of hydrogen-bond donors (Lipinski definition) is 0. The van der Waals surface area contributed by atoms with Gasteiger partial charge in [-0.2, -0.15) is 0 Å². The smallest absolute Gasteiger partial charge is 0.0651 e. The third-order valence-electron chi connectivity index (χ3n) is 12.5. The minimum absolute atomic E-state index is 0.0557. The van der Waals surface area contributed by atoms with Crippen molar-refractivity contribution in [1.82, 2.24) is 0 Å². The second-order valence-electron chi connectivity index (χ2n) is 16.4. The van der Waals surface area contributed by atoms with Gasteiger partial charge in [0.2, 0.25) is 0 Å². The molecule has 1 unspecified atom stereocenters. The summed E-state index contributed by atoms with van der Waals surface area (Å²) in [5.41, 5.74) is 13.1. The minimum Gasteiger partial charge on any atom is -0.362 e. The Morgan fingerprint density at radius 2 is 1.19 bits per heavy atom. The number of unbranched alkanes of at least 4 members (excludes halogenated alkanes) is 2. The first-order valence-electron chi connectivity index (χ1n) is 20.1. The average Bonchev–Trinajstić information content (AvgIpc) is 3.72. The van der Waals surface area contributed by atoms with Crippen LogP contribution in [0.3, 0.4) is 0 Å². The monoisotopic (exact) mass is 701 g/mol. The summed E-state index contributed by atoms with van der Waals surface area (Å²) in [7, 11) is 0. The van der Waals surface area contributed by atoms with Gasteiger partial charge in [-0.25, -0.2) is 0 Å². The molecule has 53 heavy (non-hydrogen) atoms. The number of allylic oxidation sites excluding steroid dienone is 6. The van der Waals surface area contributed by atoms with Crippen LogP contribution in [0, 0.1) is 0 Å². The summed E-state index contributed by atoms with van der Waals surface area (Å²) >= 11 is 0. The Balaban J connectivity index is 1.39. The van der Waals surface area contributed by atoms with Crippen LogP contribution in [0.5, 0.6) is 0 Å². The van der Waals surface area contributed by atoms with Crippen molar-refractivity contribution in [3.05, 3.63) is 167 Å². The molecule has 274 valence electrons. The van der Waals surface area contributed by atoms with Gasteiger partial charge in [0, 0.05) is 52.4 Å². The first-order chi connectivity index (χ1) is 25.6. The van der Waals surface area contributed by atoms with Gasteiger partial charge in [-0.1, -0.05) is 145 Å². The van der Waals surface area contributed by atoms with E-state index in [1.807, 2.05) is 0 Å². The Labute approximate surface area is 320 Å². The molecule has 0 N–H and O–H groups in total. The predicted molar refractivity (Wildman–Crippen MR) is 228 cm³/mol. The largest absolute Gasteiger partial charge is 0.362 e. The van der Waals surface area contributed by atoms with Crippen molar-refractivity contribution in [3.63, 3.8) is 0 Å². The molecule has 2 heterocycles. The molecule has 0 radical (unpaired) electrons. The van der Waals surface area contributed by atoms with E-state index in [4.69, 9.17) is 0 Å². The fourth-order valence-electron chi connectivity index (χ4n) is 9.09. The lowest BCUT2D eigenvalue weighted by molar-refractivity contribution is 0.348. The number of hydrogen-bond acceptors (Lipinski definition) is 3. The van der Waals surface area contributed by atoms with Gasteiger partial charge in [0.05, 0.1) is 11.2 Å². The molecule has 0 bridgehead atoms. The lowest BCUT2D eigenvalue weighted by atomic mass is 9.71. The van der Waals surface area contributed by atoms with Crippen LogP contribution in [0.25, 0.3) is 0 Å². The molecule has 0 amide bonds. The van der Waals surface area contributed by atoms with Crippen molar-refractivity contribution in [2.75, 3.05) is 27.8 Å². The second-order valence-corrected chi connectivity index (χ2v) is 16.4. The predicted octanol–water partition coefficient (Wildman–Crippen LogP) is 13.2. The van der Waals surface area contributed by atoms with Gasteiger partial charge in [-0.3, -0.25) is 0 Å². The van der Waals surface area contributed by atoms with Crippen LogP contribution in [0.4, 0.5) is 22.7 Å². The van der Waals surface area contributed by atoms with Gasteiger partial charge in [0.25, 0.3) is 0 Å². The Morgan fingerprint density at radius 1 is 0.623 bits per heavy atom. The van der Waals surface area contributed by atoms with Crippen LogP contribution in [-0.2, 0) is 10.8 Å². The van der Waals surface area contributed by atoms with Crippen molar-refractivity contribution >= 4 is 22.7 Å². The molecule has 0 fully saturated rings. The lowest BCUT2D eigenvalue weighted by Gasteiger charge is -2.43. The number of benzene rings is 4. The highest BCUT2D eigenvalue weighted by Crippen LogP contribution is 2.53. The summed E-state index contributed by atoms with van der Waals surface area (Å²) < 4.78 is 0. The van der Waals surface area contributed by atoms with E-state index in [1.165, 1.54) is 82.1 Å². The maximum Gasteiger partial charge on any atom is 0.0651 e. The molecule has 0 saturated heterocycles. The molecule has 3 aliphatic rings. The molecule has 7 rings (SSSR count). The first-order valence-corrected chi connectivity index (χ1v) is 20.1. The van der Waals surface area contributed by atoms with Crippen LogP contribution in [-0.4, -0.2) is 18.6 Å². The van der Waals surface area contributed by atoms with Crippen molar-refractivity contribution in [1.29, 1.82) is 0 Å². The number of rotatable bonds is 12. The van der Waals surface area contributed by atoms with Crippen molar-refractivity contribution in [3.8, 4) is 0 Å². The normalized spacial score (nSPS) is 21.6. The number of nitrogens with zero attached hydrogens (tertiary/aromatic N) is 3. The summed E-state index contributed by atoms with van der Waals surface area (Å²) in [6.45, 7) is 18.8. The van der Waals surface area contributed by atoms with Crippen molar-refractivity contribution < 1.29 is 0 Å². The molecule has 0 spiro atoms. The number of fused-ring (bicyclic) bond motifs is 2. The van der Waals surface area contributed by atoms with Crippen molar-refractivity contribution in [2.24, 2.45) is 0 Å². The Bertz CT molecular complexity index is 1990. The highest BCUT2D eigenvalue weighted by Gasteiger charge is 2.52. The van der Waals surface area contributed by atoms with Gasteiger partial charge in [-0.05, 0) is 97.4 Å². The molecular formula is C50H59N3. The Morgan fingerprint density at radius 3 is 1.83 bits per heavy atom. The summed E-state index contributed by atoms with van der Waals surface area (Å²) in [5.74, 6) is 0. The summed E-state index contributed by atoms with van der Waals surface area (Å²) in [6.07, 6.45) is 16.7. The van der Waals surface area contributed by atoms with E-state index >= 15 is 0 Å². The van der Waals surface area contributed by atoms with Gasteiger partial charge >= 0.3 is 0 Å². The fraction of sp³-hybridized carbons (Fsp3) is 0.360. The molecule has 3 nitrogen and oxygen atoms in total. The summed E-state index contributed by atoms with van der Waals surface area (Å²) in [4.78, 5) is 7.79. The van der Waals surface area contributed by atoms with E-state index in [0.29, 0.717) is 0 Å².